The summed E-state index contributed by atoms with van der Waals surface area (Å²) in [5.74, 6) is 0.587. The Hall–Kier alpha value is -0.970. The molecular weight excluding hydrogens is 242 g/mol. The monoisotopic (exact) mass is 257 g/mol. The molecule has 94 valence electrons. The Kier molecular flexibility index (Phi) is 4.10. The molecule has 0 radical (unpaired) electrons. The minimum absolute atomic E-state index is 0.170. The van der Waals surface area contributed by atoms with Gasteiger partial charge in [0.25, 0.3) is 0 Å². The molecule has 17 heavy (non-hydrogen) atoms. The van der Waals surface area contributed by atoms with Gasteiger partial charge in [0.05, 0.1) is 20.3 Å². The predicted octanol–water partition coefficient (Wildman–Crippen LogP) is 1.89. The molecule has 1 fully saturated rings. The number of hydrogen-bond donors (Lipinski definition) is 1. The number of rotatable bonds is 3. The van der Waals surface area contributed by atoms with Crippen molar-refractivity contribution in [3.63, 3.8) is 0 Å². The second kappa shape index (κ2) is 5.58. The van der Waals surface area contributed by atoms with Crippen LogP contribution in [0.5, 0.6) is 11.5 Å². The largest absolute Gasteiger partial charge is 0.504 e. The Morgan fingerprint density at radius 1 is 1.41 bits per heavy atom. The van der Waals surface area contributed by atoms with E-state index in [-0.39, 0.29) is 5.75 Å². The predicted molar refractivity (Wildman–Crippen MR) is 65.8 cm³/mol. The molecule has 1 N–H and O–H groups in total. The zero-order chi connectivity index (χ0) is 12.3. The van der Waals surface area contributed by atoms with Crippen LogP contribution in [0.15, 0.2) is 12.1 Å². The van der Waals surface area contributed by atoms with Crippen LogP contribution in [-0.4, -0.2) is 43.4 Å². The molecule has 1 aromatic carbocycles. The minimum atomic E-state index is 0.170. The molecule has 0 saturated carbocycles. The summed E-state index contributed by atoms with van der Waals surface area (Å²) < 4.78 is 10.4. The molecule has 5 heteroatoms. The van der Waals surface area contributed by atoms with Gasteiger partial charge in [-0.25, -0.2) is 0 Å². The van der Waals surface area contributed by atoms with Crippen molar-refractivity contribution in [2.75, 3.05) is 33.4 Å². The first-order chi connectivity index (χ1) is 8.20. The van der Waals surface area contributed by atoms with E-state index in [0.717, 1.165) is 31.9 Å². The fourth-order valence-corrected chi connectivity index (χ4v) is 2.14. The SMILES string of the molecule is COc1cc(Cl)cc(CN2CCOCC2)c1O. The maximum Gasteiger partial charge on any atom is 0.162 e. The summed E-state index contributed by atoms with van der Waals surface area (Å²) in [4.78, 5) is 2.22. The van der Waals surface area contributed by atoms with Crippen molar-refractivity contribution < 1.29 is 14.6 Å². The van der Waals surface area contributed by atoms with Gasteiger partial charge in [0.1, 0.15) is 0 Å². The molecule has 0 spiro atoms. The Labute approximate surface area is 106 Å². The van der Waals surface area contributed by atoms with Gasteiger partial charge in [0, 0.05) is 36.3 Å². The Morgan fingerprint density at radius 3 is 2.76 bits per heavy atom. The number of halogens is 1. The average Bonchev–Trinajstić information content (AvgIpc) is 2.34. The van der Waals surface area contributed by atoms with Gasteiger partial charge in [-0.1, -0.05) is 11.6 Å². The van der Waals surface area contributed by atoms with Gasteiger partial charge < -0.3 is 14.6 Å². The number of benzene rings is 1. The molecule has 2 rings (SSSR count). The van der Waals surface area contributed by atoms with Gasteiger partial charge in [0.15, 0.2) is 11.5 Å². The van der Waals surface area contributed by atoms with Crippen LogP contribution in [0.1, 0.15) is 5.56 Å². The van der Waals surface area contributed by atoms with Crippen LogP contribution in [0.3, 0.4) is 0 Å². The van der Waals surface area contributed by atoms with E-state index in [0.29, 0.717) is 17.3 Å². The van der Waals surface area contributed by atoms with E-state index in [4.69, 9.17) is 21.1 Å². The van der Waals surface area contributed by atoms with Crippen molar-refractivity contribution in [3.05, 3.63) is 22.7 Å². The van der Waals surface area contributed by atoms with Crippen LogP contribution in [0.2, 0.25) is 5.02 Å². The molecule has 1 saturated heterocycles. The topological polar surface area (TPSA) is 41.9 Å². The molecule has 0 aromatic heterocycles. The molecule has 0 unspecified atom stereocenters. The number of aromatic hydroxyl groups is 1. The van der Waals surface area contributed by atoms with Gasteiger partial charge in [-0.2, -0.15) is 0 Å². The molecular formula is C12H16ClNO3. The number of morpholine rings is 1. The van der Waals surface area contributed by atoms with Crippen LogP contribution in [-0.2, 0) is 11.3 Å². The second-order valence-corrected chi connectivity index (χ2v) is 4.44. The van der Waals surface area contributed by atoms with Crippen LogP contribution >= 0.6 is 11.6 Å². The van der Waals surface area contributed by atoms with Crippen molar-refractivity contribution in [2.24, 2.45) is 0 Å². The molecule has 0 amide bonds. The molecule has 0 aliphatic carbocycles. The summed E-state index contributed by atoms with van der Waals surface area (Å²) >= 11 is 5.98. The number of nitrogens with zero attached hydrogens (tertiary/aromatic N) is 1. The van der Waals surface area contributed by atoms with E-state index in [2.05, 4.69) is 4.90 Å². The first-order valence-electron chi connectivity index (χ1n) is 5.56. The smallest absolute Gasteiger partial charge is 0.162 e. The highest BCUT2D eigenvalue weighted by atomic mass is 35.5. The molecule has 0 bridgehead atoms. The van der Waals surface area contributed by atoms with Crippen LogP contribution in [0.4, 0.5) is 0 Å². The van der Waals surface area contributed by atoms with Crippen LogP contribution < -0.4 is 4.74 Å². The molecule has 1 heterocycles. The maximum absolute atomic E-state index is 10.0. The third-order valence-electron chi connectivity index (χ3n) is 2.84. The third kappa shape index (κ3) is 3.03. The lowest BCUT2D eigenvalue weighted by Gasteiger charge is -2.27. The number of methoxy groups -OCH3 is 1. The molecule has 0 atom stereocenters. The van der Waals surface area contributed by atoms with Gasteiger partial charge >= 0.3 is 0 Å². The van der Waals surface area contributed by atoms with Gasteiger partial charge in [-0.3, -0.25) is 4.90 Å². The zero-order valence-corrected chi connectivity index (χ0v) is 10.5. The standard InChI is InChI=1S/C12H16ClNO3/c1-16-11-7-10(13)6-9(12(11)15)8-14-2-4-17-5-3-14/h6-7,15H,2-5,8H2,1H3. The van der Waals surface area contributed by atoms with Gasteiger partial charge in [0.2, 0.25) is 0 Å². The average molecular weight is 258 g/mol. The second-order valence-electron chi connectivity index (χ2n) is 4.00. The molecule has 1 aromatic rings. The lowest BCUT2D eigenvalue weighted by atomic mass is 10.1. The summed E-state index contributed by atoms with van der Waals surface area (Å²) in [7, 11) is 1.52. The van der Waals surface area contributed by atoms with E-state index < -0.39 is 0 Å². The van der Waals surface area contributed by atoms with Crippen molar-refractivity contribution in [2.45, 2.75) is 6.54 Å². The Bertz CT molecular complexity index is 392. The van der Waals surface area contributed by atoms with Crippen molar-refractivity contribution in [3.8, 4) is 11.5 Å². The van der Waals surface area contributed by atoms with Crippen molar-refractivity contribution >= 4 is 11.6 Å². The quantitative estimate of drug-likeness (QED) is 0.898. The number of hydrogen-bond acceptors (Lipinski definition) is 4. The first-order valence-corrected chi connectivity index (χ1v) is 5.94. The van der Waals surface area contributed by atoms with Crippen LogP contribution in [0.25, 0.3) is 0 Å². The molecule has 4 nitrogen and oxygen atoms in total. The lowest BCUT2D eigenvalue weighted by molar-refractivity contribution is 0.0338. The van der Waals surface area contributed by atoms with E-state index >= 15 is 0 Å². The fourth-order valence-electron chi connectivity index (χ4n) is 1.90. The normalized spacial score (nSPS) is 17.1. The van der Waals surface area contributed by atoms with Gasteiger partial charge in [-0.05, 0) is 6.07 Å². The highest BCUT2D eigenvalue weighted by Gasteiger charge is 2.15. The van der Waals surface area contributed by atoms with E-state index in [1.54, 1.807) is 12.1 Å². The molecule has 1 aliphatic rings. The Morgan fingerprint density at radius 2 is 2.12 bits per heavy atom. The first kappa shape index (κ1) is 12.5. The van der Waals surface area contributed by atoms with E-state index in [1.807, 2.05) is 0 Å². The fraction of sp³-hybridized carbons (Fsp3) is 0.500. The number of ether oxygens (including phenoxy) is 2. The number of phenols is 1. The van der Waals surface area contributed by atoms with Crippen molar-refractivity contribution in [1.29, 1.82) is 0 Å². The van der Waals surface area contributed by atoms with Gasteiger partial charge in [-0.15, -0.1) is 0 Å². The summed E-state index contributed by atoms with van der Waals surface area (Å²) in [6.45, 7) is 3.87. The zero-order valence-electron chi connectivity index (χ0n) is 9.78. The maximum atomic E-state index is 10.0. The Balaban J connectivity index is 2.16. The van der Waals surface area contributed by atoms with E-state index in [1.165, 1.54) is 7.11 Å². The third-order valence-corrected chi connectivity index (χ3v) is 3.05. The number of phenolic OH excluding ortho intramolecular Hbond substituents is 1. The highest BCUT2D eigenvalue weighted by Crippen LogP contribution is 2.34. The summed E-state index contributed by atoms with van der Waals surface area (Å²) in [5.41, 5.74) is 0.788. The summed E-state index contributed by atoms with van der Waals surface area (Å²) in [5, 5.41) is 10.6. The van der Waals surface area contributed by atoms with Crippen molar-refractivity contribution in [1.82, 2.24) is 4.90 Å². The highest BCUT2D eigenvalue weighted by molar-refractivity contribution is 6.30. The summed E-state index contributed by atoms with van der Waals surface area (Å²) in [6, 6.07) is 3.38. The molecule has 1 aliphatic heterocycles. The minimum Gasteiger partial charge on any atom is -0.504 e. The van der Waals surface area contributed by atoms with E-state index in [9.17, 15) is 5.11 Å². The lowest BCUT2D eigenvalue weighted by Crippen LogP contribution is -2.35. The summed E-state index contributed by atoms with van der Waals surface area (Å²) in [6.07, 6.45) is 0. The van der Waals surface area contributed by atoms with Crippen LogP contribution in [0, 0.1) is 0 Å².